The smallest absolute Gasteiger partial charge is 0.316 e. The van der Waals surface area contributed by atoms with Crippen molar-refractivity contribution in [2.45, 2.75) is 13.5 Å². The lowest BCUT2D eigenvalue weighted by molar-refractivity contribution is 0.402. The zero-order valence-electron chi connectivity index (χ0n) is 15.8. The van der Waals surface area contributed by atoms with Gasteiger partial charge in [-0.2, -0.15) is 4.98 Å². The number of anilines is 2. The Balaban J connectivity index is 1.76. The summed E-state index contributed by atoms with van der Waals surface area (Å²) in [6.45, 7) is 2.29. The van der Waals surface area contributed by atoms with E-state index in [-0.39, 0.29) is 10.8 Å². The zero-order chi connectivity index (χ0) is 20.5. The Bertz CT molecular complexity index is 1270. The third kappa shape index (κ3) is 3.82. The number of nitrogens with zero attached hydrogens (tertiary/aromatic N) is 2. The molecule has 4 rings (SSSR count). The summed E-state index contributed by atoms with van der Waals surface area (Å²) in [7, 11) is 1.41. The summed E-state index contributed by atoms with van der Waals surface area (Å²) >= 11 is 5.91. The first-order valence-electron chi connectivity index (χ1n) is 8.89. The fraction of sp³-hybridized carbons (Fsp3) is 0.143. The first-order chi connectivity index (χ1) is 13.9. The molecule has 0 amide bonds. The highest BCUT2D eigenvalue weighted by Gasteiger charge is 2.12. The first kappa shape index (κ1) is 19.0. The van der Waals surface area contributed by atoms with E-state index in [1.807, 2.05) is 31.3 Å². The third-order valence-electron chi connectivity index (χ3n) is 4.66. The lowest BCUT2D eigenvalue weighted by Crippen LogP contribution is -2.19. The maximum Gasteiger partial charge on any atom is 0.316 e. The van der Waals surface area contributed by atoms with Crippen LogP contribution >= 0.6 is 11.6 Å². The average Bonchev–Trinajstić information content (AvgIpc) is 3.14. The maximum atomic E-state index is 13.5. The van der Waals surface area contributed by atoms with Crippen molar-refractivity contribution in [3.8, 4) is 5.75 Å². The molecule has 0 spiro atoms. The van der Waals surface area contributed by atoms with Crippen LogP contribution in [0.3, 0.4) is 0 Å². The van der Waals surface area contributed by atoms with Crippen LogP contribution in [0.1, 0.15) is 11.1 Å². The van der Waals surface area contributed by atoms with Gasteiger partial charge >= 0.3 is 5.56 Å². The monoisotopic (exact) mass is 412 g/mol. The Morgan fingerprint density at radius 2 is 2.10 bits per heavy atom. The molecule has 0 radical (unpaired) electrons. The number of aromatic nitrogens is 3. The van der Waals surface area contributed by atoms with Gasteiger partial charge in [-0.15, -0.1) is 0 Å². The first-order valence-corrected chi connectivity index (χ1v) is 9.26. The summed E-state index contributed by atoms with van der Waals surface area (Å²) < 4.78 is 20.3. The Morgan fingerprint density at radius 1 is 1.28 bits per heavy atom. The fourth-order valence-electron chi connectivity index (χ4n) is 3.14. The zero-order valence-corrected chi connectivity index (χ0v) is 16.5. The molecule has 0 aliphatic carbocycles. The summed E-state index contributed by atoms with van der Waals surface area (Å²) in [5.74, 6) is -0.0372. The second-order valence-electron chi connectivity index (χ2n) is 6.67. The molecule has 6 nitrogen and oxygen atoms in total. The highest BCUT2D eigenvalue weighted by atomic mass is 35.5. The average molecular weight is 413 g/mol. The van der Waals surface area contributed by atoms with Gasteiger partial charge in [-0.3, -0.25) is 4.79 Å². The molecule has 2 aromatic heterocycles. The molecule has 2 N–H and O–H groups in total. The van der Waals surface area contributed by atoms with Gasteiger partial charge < -0.3 is 19.6 Å². The second kappa shape index (κ2) is 7.60. The molecule has 0 unspecified atom stereocenters. The maximum absolute atomic E-state index is 13.5. The molecule has 0 saturated carbocycles. The van der Waals surface area contributed by atoms with Gasteiger partial charge in [0.25, 0.3) is 0 Å². The molecule has 4 aromatic rings. The molecular weight excluding hydrogens is 395 g/mol. The molecule has 2 heterocycles. The van der Waals surface area contributed by atoms with E-state index in [9.17, 15) is 9.18 Å². The van der Waals surface area contributed by atoms with Crippen LogP contribution < -0.4 is 15.6 Å². The van der Waals surface area contributed by atoms with Crippen molar-refractivity contribution in [2.24, 2.45) is 0 Å². The molecular formula is C21H18ClFN4O2. The molecule has 0 aliphatic heterocycles. The second-order valence-corrected chi connectivity index (χ2v) is 7.08. The number of fused-ring (bicyclic) bond motifs is 1. The number of nitrogens with one attached hydrogen (secondary N) is 2. The fourth-order valence-corrected chi connectivity index (χ4v) is 3.34. The minimum Gasteiger partial charge on any atom is -0.490 e. The van der Waals surface area contributed by atoms with E-state index in [1.165, 1.54) is 13.2 Å². The largest absolute Gasteiger partial charge is 0.490 e. The van der Waals surface area contributed by atoms with Crippen molar-refractivity contribution in [2.75, 3.05) is 12.4 Å². The van der Waals surface area contributed by atoms with E-state index in [1.54, 1.807) is 22.9 Å². The van der Waals surface area contributed by atoms with E-state index in [4.69, 9.17) is 16.3 Å². The van der Waals surface area contributed by atoms with Gasteiger partial charge in [0.2, 0.25) is 11.7 Å². The Morgan fingerprint density at radius 3 is 2.86 bits per heavy atom. The van der Waals surface area contributed by atoms with Crippen LogP contribution in [0.25, 0.3) is 10.9 Å². The molecule has 148 valence electrons. The van der Waals surface area contributed by atoms with E-state index in [0.717, 1.165) is 27.7 Å². The Hall–Kier alpha value is -3.32. The number of ether oxygens (including phenoxy) is 1. The standard InChI is InChI=1S/C21H18ClFN4O2/c1-12-7-14-5-6-24-18(14)9-17(12)25-21-26-20(28)19(29-2)11-27(21)10-13-3-4-16(23)15(22)8-13/h3-9,11,24H,10H2,1-2H3,(H,25,26,28). The Labute approximate surface area is 170 Å². The molecule has 0 fully saturated rings. The summed E-state index contributed by atoms with van der Waals surface area (Å²) in [5, 5.41) is 4.36. The van der Waals surface area contributed by atoms with Crippen LogP contribution in [-0.2, 0) is 6.54 Å². The van der Waals surface area contributed by atoms with Crippen LogP contribution in [0.4, 0.5) is 16.0 Å². The molecule has 0 aliphatic rings. The van der Waals surface area contributed by atoms with Gasteiger partial charge in [-0.1, -0.05) is 17.7 Å². The number of benzene rings is 2. The summed E-state index contributed by atoms with van der Waals surface area (Å²) in [4.78, 5) is 19.6. The van der Waals surface area contributed by atoms with Gasteiger partial charge in [-0.05, 0) is 53.8 Å². The summed E-state index contributed by atoms with van der Waals surface area (Å²) in [6, 6.07) is 10.5. The predicted octanol–water partition coefficient (Wildman–Crippen LogP) is 4.63. The van der Waals surface area contributed by atoms with Crippen LogP contribution in [0, 0.1) is 12.7 Å². The van der Waals surface area contributed by atoms with Crippen molar-refractivity contribution < 1.29 is 9.13 Å². The minimum absolute atomic E-state index is 0.0334. The van der Waals surface area contributed by atoms with Crippen molar-refractivity contribution in [1.29, 1.82) is 0 Å². The van der Waals surface area contributed by atoms with E-state index < -0.39 is 11.4 Å². The van der Waals surface area contributed by atoms with Crippen LogP contribution in [0.5, 0.6) is 5.75 Å². The van der Waals surface area contributed by atoms with Crippen LogP contribution in [-0.4, -0.2) is 21.6 Å². The molecule has 0 bridgehead atoms. The van der Waals surface area contributed by atoms with Crippen molar-refractivity contribution >= 4 is 34.1 Å². The molecule has 29 heavy (non-hydrogen) atoms. The predicted molar refractivity (Wildman–Crippen MR) is 112 cm³/mol. The van der Waals surface area contributed by atoms with E-state index >= 15 is 0 Å². The SMILES string of the molecule is COc1cn(Cc2ccc(F)c(Cl)c2)c(Nc2cc3[nH]ccc3cc2C)nc1=O. The topological polar surface area (TPSA) is 71.9 Å². The normalized spacial score (nSPS) is 11.0. The van der Waals surface area contributed by atoms with Crippen LogP contribution in [0.15, 0.2) is 53.6 Å². The third-order valence-corrected chi connectivity index (χ3v) is 4.95. The Kier molecular flexibility index (Phi) is 4.98. The summed E-state index contributed by atoms with van der Waals surface area (Å²) in [6.07, 6.45) is 3.44. The van der Waals surface area contributed by atoms with Crippen LogP contribution in [0.2, 0.25) is 5.02 Å². The number of hydrogen-bond acceptors (Lipinski definition) is 4. The molecule has 2 aromatic carbocycles. The number of hydrogen-bond donors (Lipinski definition) is 2. The number of aryl methyl sites for hydroxylation is 1. The van der Waals surface area contributed by atoms with Gasteiger partial charge in [0, 0.05) is 17.4 Å². The lowest BCUT2D eigenvalue weighted by Gasteiger charge is -2.16. The number of halogens is 2. The van der Waals surface area contributed by atoms with Gasteiger partial charge in [0.15, 0.2) is 0 Å². The number of aromatic amines is 1. The van der Waals surface area contributed by atoms with E-state index in [0.29, 0.717) is 12.5 Å². The molecule has 8 heteroatoms. The van der Waals surface area contributed by atoms with Gasteiger partial charge in [-0.25, -0.2) is 4.39 Å². The quantitative estimate of drug-likeness (QED) is 0.501. The van der Waals surface area contributed by atoms with E-state index in [2.05, 4.69) is 15.3 Å². The van der Waals surface area contributed by atoms with Crippen molar-refractivity contribution in [3.63, 3.8) is 0 Å². The highest BCUT2D eigenvalue weighted by molar-refractivity contribution is 6.30. The highest BCUT2D eigenvalue weighted by Crippen LogP contribution is 2.26. The van der Waals surface area contributed by atoms with Gasteiger partial charge in [0.1, 0.15) is 5.82 Å². The minimum atomic E-state index is -0.487. The van der Waals surface area contributed by atoms with Crippen molar-refractivity contribution in [1.82, 2.24) is 14.5 Å². The summed E-state index contributed by atoms with van der Waals surface area (Å²) in [5.41, 5.74) is 3.04. The number of rotatable bonds is 5. The van der Waals surface area contributed by atoms with Crippen molar-refractivity contribution in [3.05, 3.63) is 81.1 Å². The molecule has 0 atom stereocenters. The lowest BCUT2D eigenvalue weighted by atomic mass is 10.1. The molecule has 0 saturated heterocycles. The number of H-pyrrole nitrogens is 1. The number of methoxy groups -OCH3 is 1. The van der Waals surface area contributed by atoms with Gasteiger partial charge in [0.05, 0.1) is 24.9 Å².